The van der Waals surface area contributed by atoms with Gasteiger partial charge in [-0.1, -0.05) is 6.92 Å². The van der Waals surface area contributed by atoms with E-state index in [0.717, 1.165) is 24.3 Å². The molecule has 0 aliphatic carbocycles. The van der Waals surface area contributed by atoms with Gasteiger partial charge < -0.3 is 15.2 Å². The third-order valence-corrected chi connectivity index (χ3v) is 3.77. The van der Waals surface area contributed by atoms with E-state index in [4.69, 9.17) is 15.2 Å². The van der Waals surface area contributed by atoms with Crippen LogP contribution in [0.15, 0.2) is 17.0 Å². The molecule has 2 N–H and O–H groups in total. The number of hydrogen-bond acceptors (Lipinski definition) is 4. The second kappa shape index (κ2) is 5.65. The van der Waals surface area contributed by atoms with Gasteiger partial charge in [-0.15, -0.1) is 11.8 Å². The molecule has 0 bridgehead atoms. The second-order valence-corrected chi connectivity index (χ2v) is 5.03. The van der Waals surface area contributed by atoms with Crippen LogP contribution in [0.1, 0.15) is 18.9 Å². The van der Waals surface area contributed by atoms with Gasteiger partial charge in [-0.2, -0.15) is 0 Å². The van der Waals surface area contributed by atoms with Crippen molar-refractivity contribution in [2.45, 2.75) is 30.7 Å². The predicted octanol–water partition coefficient (Wildman–Crippen LogP) is 2.46. The van der Waals surface area contributed by atoms with Crippen LogP contribution >= 0.6 is 11.8 Å². The molecule has 4 heteroatoms. The van der Waals surface area contributed by atoms with E-state index in [1.165, 1.54) is 10.5 Å². The van der Waals surface area contributed by atoms with Crippen LogP contribution in [0.25, 0.3) is 0 Å². The van der Waals surface area contributed by atoms with Crippen LogP contribution < -0.4 is 15.2 Å². The van der Waals surface area contributed by atoms with E-state index in [1.807, 2.05) is 0 Å². The van der Waals surface area contributed by atoms with Crippen molar-refractivity contribution in [2.24, 2.45) is 5.73 Å². The number of hydrogen-bond donors (Lipinski definition) is 1. The van der Waals surface area contributed by atoms with Crippen LogP contribution in [0, 0.1) is 0 Å². The van der Waals surface area contributed by atoms with E-state index in [1.54, 1.807) is 11.8 Å². The highest BCUT2D eigenvalue weighted by Gasteiger charge is 2.16. The summed E-state index contributed by atoms with van der Waals surface area (Å²) in [5, 5.41) is 0. The van der Waals surface area contributed by atoms with Gasteiger partial charge in [0.1, 0.15) is 13.2 Å². The summed E-state index contributed by atoms with van der Waals surface area (Å²) in [6, 6.07) is 4.36. The van der Waals surface area contributed by atoms with Crippen molar-refractivity contribution in [1.82, 2.24) is 0 Å². The lowest BCUT2D eigenvalue weighted by Crippen LogP contribution is -2.22. The maximum Gasteiger partial charge on any atom is 0.162 e. The van der Waals surface area contributed by atoms with Crippen molar-refractivity contribution in [3.63, 3.8) is 0 Å². The summed E-state index contributed by atoms with van der Waals surface area (Å²) >= 11 is 1.73. The van der Waals surface area contributed by atoms with E-state index in [9.17, 15) is 0 Å². The maximum atomic E-state index is 6.02. The molecule has 1 aromatic carbocycles. The van der Waals surface area contributed by atoms with Gasteiger partial charge in [0.05, 0.1) is 0 Å². The number of fused-ring (bicyclic) bond motifs is 1. The molecule has 0 fully saturated rings. The van der Waals surface area contributed by atoms with Gasteiger partial charge in [-0.3, -0.25) is 0 Å². The minimum absolute atomic E-state index is 0.212. The van der Waals surface area contributed by atoms with Crippen LogP contribution in [0.5, 0.6) is 11.5 Å². The first-order valence-corrected chi connectivity index (χ1v) is 7.19. The zero-order chi connectivity index (χ0) is 12.3. The lowest BCUT2D eigenvalue weighted by Gasteiger charge is -2.21. The lowest BCUT2D eigenvalue weighted by molar-refractivity contribution is 0.171. The number of ether oxygens (including phenoxy) is 2. The Labute approximate surface area is 107 Å². The molecule has 0 aromatic heterocycles. The Kier molecular flexibility index (Phi) is 4.18. The standard InChI is InChI=1S/C13H19NO2S/c1-3-10(14)6-9-7-11-12(8-13(9)17-2)16-5-4-15-11/h7-8,10H,3-6,14H2,1-2H3. The average Bonchev–Trinajstić information content (AvgIpc) is 2.37. The van der Waals surface area contributed by atoms with E-state index in [-0.39, 0.29) is 6.04 Å². The molecule has 1 aliphatic rings. The Morgan fingerprint density at radius 1 is 1.29 bits per heavy atom. The van der Waals surface area contributed by atoms with E-state index in [2.05, 4.69) is 25.3 Å². The van der Waals surface area contributed by atoms with E-state index >= 15 is 0 Å². The van der Waals surface area contributed by atoms with Crippen molar-refractivity contribution in [3.05, 3.63) is 17.7 Å². The summed E-state index contributed by atoms with van der Waals surface area (Å²) in [6.07, 6.45) is 3.96. The van der Waals surface area contributed by atoms with Crippen LogP contribution in [0.2, 0.25) is 0 Å². The summed E-state index contributed by atoms with van der Waals surface area (Å²) in [5.41, 5.74) is 7.28. The molecule has 1 aromatic rings. The first-order valence-electron chi connectivity index (χ1n) is 5.96. The van der Waals surface area contributed by atoms with Gasteiger partial charge in [0.25, 0.3) is 0 Å². The van der Waals surface area contributed by atoms with Crippen molar-refractivity contribution in [2.75, 3.05) is 19.5 Å². The minimum atomic E-state index is 0.212. The molecule has 17 heavy (non-hydrogen) atoms. The molecule has 0 amide bonds. The fraction of sp³-hybridized carbons (Fsp3) is 0.538. The van der Waals surface area contributed by atoms with Crippen molar-refractivity contribution in [1.29, 1.82) is 0 Å². The summed E-state index contributed by atoms with van der Waals surface area (Å²) < 4.78 is 11.2. The fourth-order valence-electron chi connectivity index (χ4n) is 1.89. The third kappa shape index (κ3) is 2.87. The first-order chi connectivity index (χ1) is 8.24. The molecule has 0 radical (unpaired) electrons. The third-order valence-electron chi connectivity index (χ3n) is 2.95. The summed E-state index contributed by atoms with van der Waals surface area (Å²) in [7, 11) is 0. The molecule has 1 atom stereocenters. The smallest absolute Gasteiger partial charge is 0.162 e. The average molecular weight is 253 g/mol. The molecular weight excluding hydrogens is 234 g/mol. The Hall–Kier alpha value is -0.870. The van der Waals surface area contributed by atoms with Crippen molar-refractivity contribution in [3.8, 4) is 11.5 Å². The van der Waals surface area contributed by atoms with Crippen molar-refractivity contribution < 1.29 is 9.47 Å². The van der Waals surface area contributed by atoms with Crippen LogP contribution in [0.3, 0.4) is 0 Å². The highest BCUT2D eigenvalue weighted by molar-refractivity contribution is 7.98. The minimum Gasteiger partial charge on any atom is -0.486 e. The van der Waals surface area contributed by atoms with Gasteiger partial charge in [-0.05, 0) is 36.8 Å². The highest BCUT2D eigenvalue weighted by Crippen LogP contribution is 2.37. The first kappa shape index (κ1) is 12.6. The predicted molar refractivity (Wildman–Crippen MR) is 71.2 cm³/mol. The molecule has 3 nitrogen and oxygen atoms in total. The zero-order valence-electron chi connectivity index (χ0n) is 10.4. The van der Waals surface area contributed by atoms with Crippen LogP contribution in [-0.2, 0) is 6.42 Å². The SMILES string of the molecule is CCC(N)Cc1cc2c(cc1SC)OCCO2. The van der Waals surface area contributed by atoms with Gasteiger partial charge in [0.2, 0.25) is 0 Å². The Morgan fingerprint density at radius 2 is 1.94 bits per heavy atom. The lowest BCUT2D eigenvalue weighted by atomic mass is 10.0. The van der Waals surface area contributed by atoms with E-state index in [0.29, 0.717) is 13.2 Å². The van der Waals surface area contributed by atoms with Gasteiger partial charge in [-0.25, -0.2) is 0 Å². The monoisotopic (exact) mass is 253 g/mol. The quantitative estimate of drug-likeness (QED) is 0.837. The van der Waals surface area contributed by atoms with Gasteiger partial charge in [0.15, 0.2) is 11.5 Å². The molecule has 0 saturated carbocycles. The Balaban J connectivity index is 2.29. The van der Waals surface area contributed by atoms with Crippen LogP contribution in [-0.4, -0.2) is 25.5 Å². The largest absolute Gasteiger partial charge is 0.486 e. The summed E-state index contributed by atoms with van der Waals surface area (Å²) in [5.74, 6) is 1.71. The molecule has 1 heterocycles. The normalized spacial score (nSPS) is 15.7. The molecule has 2 rings (SSSR count). The fourth-order valence-corrected chi connectivity index (χ4v) is 2.52. The maximum absolute atomic E-state index is 6.02. The summed E-state index contributed by atoms with van der Waals surface area (Å²) in [6.45, 7) is 3.38. The van der Waals surface area contributed by atoms with E-state index < -0.39 is 0 Å². The molecule has 0 saturated heterocycles. The molecule has 0 spiro atoms. The molecular formula is C13H19NO2S. The molecule has 1 aliphatic heterocycles. The van der Waals surface area contributed by atoms with Gasteiger partial charge in [0, 0.05) is 10.9 Å². The number of nitrogens with two attached hydrogens (primary N) is 1. The second-order valence-electron chi connectivity index (χ2n) is 4.18. The molecule has 1 unspecified atom stereocenters. The number of thioether (sulfide) groups is 1. The molecule has 94 valence electrons. The highest BCUT2D eigenvalue weighted by atomic mass is 32.2. The Bertz CT molecular complexity index is 395. The Morgan fingerprint density at radius 3 is 2.53 bits per heavy atom. The van der Waals surface area contributed by atoms with Gasteiger partial charge >= 0.3 is 0 Å². The van der Waals surface area contributed by atoms with Crippen molar-refractivity contribution >= 4 is 11.8 Å². The zero-order valence-corrected chi connectivity index (χ0v) is 11.2. The number of rotatable bonds is 4. The van der Waals surface area contributed by atoms with Crippen LogP contribution in [0.4, 0.5) is 0 Å². The summed E-state index contributed by atoms with van der Waals surface area (Å²) in [4.78, 5) is 1.23. The topological polar surface area (TPSA) is 44.5 Å². The number of benzene rings is 1.